The molecule has 1 aromatic heterocycles. The van der Waals surface area contributed by atoms with Gasteiger partial charge in [0.1, 0.15) is 29.6 Å². The van der Waals surface area contributed by atoms with E-state index in [9.17, 15) is 19.8 Å². The number of rotatable bonds is 7. The van der Waals surface area contributed by atoms with Gasteiger partial charge in [0.2, 0.25) is 0 Å². The molecule has 0 bridgehead atoms. The molecule has 0 radical (unpaired) electrons. The number of aryl methyl sites for hydroxylation is 1. The molecule has 1 aliphatic rings. The molecule has 0 unspecified atom stereocenters. The Balaban J connectivity index is 1.47. The molecule has 0 saturated carbocycles. The molecule has 1 saturated heterocycles. The summed E-state index contributed by atoms with van der Waals surface area (Å²) in [6.07, 6.45) is 1.49. The minimum Gasteiger partial charge on any atom is -0.508 e. The summed E-state index contributed by atoms with van der Waals surface area (Å²) in [6.45, 7) is 2.47. The van der Waals surface area contributed by atoms with Crippen LogP contribution in [-0.4, -0.2) is 26.8 Å². The van der Waals surface area contributed by atoms with Gasteiger partial charge in [0.05, 0.1) is 24.4 Å². The summed E-state index contributed by atoms with van der Waals surface area (Å²) in [7, 11) is 0. The summed E-state index contributed by atoms with van der Waals surface area (Å²) in [5.41, 5.74) is 3.12. The third kappa shape index (κ3) is 4.84. The van der Waals surface area contributed by atoms with E-state index in [4.69, 9.17) is 9.15 Å². The Kier molecular flexibility index (Phi) is 6.51. The molecule has 0 spiro atoms. The number of aliphatic hydroxyl groups excluding tert-OH is 1. The molecule has 4 aromatic rings. The number of phenolic OH excluding ortho intramolecular Hbond substituents is 1. The van der Waals surface area contributed by atoms with E-state index in [0.29, 0.717) is 29.2 Å². The second-order valence-electron chi connectivity index (χ2n) is 8.84. The van der Waals surface area contributed by atoms with Gasteiger partial charge in [-0.3, -0.25) is 9.59 Å². The first-order chi connectivity index (χ1) is 17.9. The van der Waals surface area contributed by atoms with Gasteiger partial charge in [-0.1, -0.05) is 36.4 Å². The van der Waals surface area contributed by atoms with Crippen LogP contribution in [0.3, 0.4) is 0 Å². The van der Waals surface area contributed by atoms with E-state index in [2.05, 4.69) is 0 Å². The molecule has 5 rings (SSSR count). The van der Waals surface area contributed by atoms with Crippen LogP contribution in [0.2, 0.25) is 0 Å². The zero-order chi connectivity index (χ0) is 25.9. The van der Waals surface area contributed by atoms with Crippen molar-refractivity contribution >= 4 is 17.4 Å². The van der Waals surface area contributed by atoms with Crippen LogP contribution in [0, 0.1) is 6.92 Å². The molecule has 2 N–H and O–H groups in total. The first kappa shape index (κ1) is 23.9. The third-order valence-electron chi connectivity index (χ3n) is 6.44. The number of aliphatic hydroxyl groups is 1. The predicted octanol–water partition coefficient (Wildman–Crippen LogP) is 5.49. The van der Waals surface area contributed by atoms with Gasteiger partial charge in [0.25, 0.3) is 11.7 Å². The van der Waals surface area contributed by atoms with Crippen molar-refractivity contribution in [2.24, 2.45) is 0 Å². The van der Waals surface area contributed by atoms with Crippen LogP contribution < -0.4 is 4.74 Å². The number of amides is 1. The molecule has 186 valence electrons. The van der Waals surface area contributed by atoms with Crippen LogP contribution >= 0.6 is 0 Å². The smallest absolute Gasteiger partial charge is 0.296 e. The molecule has 7 nitrogen and oxygen atoms in total. The maximum absolute atomic E-state index is 13.2. The second kappa shape index (κ2) is 10.1. The van der Waals surface area contributed by atoms with Gasteiger partial charge in [-0.25, -0.2) is 0 Å². The number of carbonyl (C=O) groups is 2. The summed E-state index contributed by atoms with van der Waals surface area (Å²) < 4.78 is 11.3. The van der Waals surface area contributed by atoms with E-state index in [1.54, 1.807) is 48.5 Å². The fourth-order valence-electron chi connectivity index (χ4n) is 4.41. The molecule has 1 atom stereocenters. The maximum atomic E-state index is 13.2. The molecule has 37 heavy (non-hydrogen) atoms. The lowest BCUT2D eigenvalue weighted by atomic mass is 9.95. The summed E-state index contributed by atoms with van der Waals surface area (Å²) in [6, 6.07) is 23.4. The lowest BCUT2D eigenvalue weighted by Crippen LogP contribution is -2.29. The molecule has 3 aromatic carbocycles. The van der Waals surface area contributed by atoms with Gasteiger partial charge in [-0.2, -0.15) is 0 Å². The Bertz CT molecular complexity index is 1450. The van der Waals surface area contributed by atoms with Crippen LogP contribution in [0.25, 0.3) is 5.76 Å². The summed E-state index contributed by atoms with van der Waals surface area (Å²) >= 11 is 0. The van der Waals surface area contributed by atoms with Crippen molar-refractivity contribution in [3.63, 3.8) is 0 Å². The number of carbonyl (C=O) groups excluding carboxylic acids is 2. The van der Waals surface area contributed by atoms with E-state index in [-0.39, 0.29) is 23.6 Å². The number of phenols is 1. The number of furan rings is 1. The number of Topliss-reactive ketones (excluding diaryl/α,β-unsaturated/α-hetero) is 1. The van der Waals surface area contributed by atoms with Crippen LogP contribution in [0.4, 0.5) is 0 Å². The van der Waals surface area contributed by atoms with Crippen molar-refractivity contribution in [3.05, 3.63) is 125 Å². The summed E-state index contributed by atoms with van der Waals surface area (Å²) in [4.78, 5) is 27.6. The number of benzene rings is 3. The highest BCUT2D eigenvalue weighted by atomic mass is 16.5. The van der Waals surface area contributed by atoms with Gasteiger partial charge in [0, 0.05) is 5.56 Å². The average Bonchev–Trinajstić information content (AvgIpc) is 3.51. The Hall–Kier alpha value is -4.78. The number of nitrogens with zero attached hydrogens (tertiary/aromatic N) is 1. The molecule has 0 aliphatic carbocycles. The summed E-state index contributed by atoms with van der Waals surface area (Å²) in [5, 5.41) is 21.0. The number of hydrogen-bond acceptors (Lipinski definition) is 6. The lowest BCUT2D eigenvalue weighted by molar-refractivity contribution is -0.140. The highest BCUT2D eigenvalue weighted by molar-refractivity contribution is 6.46. The highest BCUT2D eigenvalue weighted by Gasteiger charge is 2.46. The SMILES string of the molecule is Cc1ccccc1COc1ccc(C(O)=C2C(=O)C(=O)N(Cc3ccco3)[C@H]2c2ccc(O)cc2)cc1. The number of ketones is 1. The van der Waals surface area contributed by atoms with Gasteiger partial charge >= 0.3 is 0 Å². The Labute approximate surface area is 213 Å². The minimum absolute atomic E-state index is 0.0316. The Morgan fingerprint density at radius 2 is 1.68 bits per heavy atom. The molecular formula is C30H25NO6. The van der Waals surface area contributed by atoms with Crippen molar-refractivity contribution in [2.45, 2.75) is 26.1 Å². The van der Waals surface area contributed by atoms with Gasteiger partial charge in [-0.05, 0) is 72.1 Å². The zero-order valence-electron chi connectivity index (χ0n) is 20.1. The molecule has 1 amide bonds. The fraction of sp³-hybridized carbons (Fsp3) is 0.133. The van der Waals surface area contributed by atoms with Crippen LogP contribution in [-0.2, 0) is 22.7 Å². The van der Waals surface area contributed by atoms with Crippen molar-refractivity contribution in [2.75, 3.05) is 0 Å². The van der Waals surface area contributed by atoms with Crippen LogP contribution in [0.15, 0.2) is 101 Å². The van der Waals surface area contributed by atoms with E-state index < -0.39 is 17.7 Å². The van der Waals surface area contributed by atoms with E-state index in [1.807, 2.05) is 31.2 Å². The predicted molar refractivity (Wildman–Crippen MR) is 137 cm³/mol. The fourth-order valence-corrected chi connectivity index (χ4v) is 4.41. The largest absolute Gasteiger partial charge is 0.508 e. The first-order valence-corrected chi connectivity index (χ1v) is 11.8. The van der Waals surface area contributed by atoms with E-state index >= 15 is 0 Å². The lowest BCUT2D eigenvalue weighted by Gasteiger charge is -2.24. The molecule has 2 heterocycles. The standard InChI is InChI=1S/C30H25NO6/c1-19-5-2-3-6-22(19)18-37-24-14-10-21(11-15-24)28(33)26-27(20-8-12-23(32)13-9-20)31(30(35)29(26)34)17-25-7-4-16-36-25/h2-16,27,32-33H,17-18H2,1H3/t27-/m0/s1. The van der Waals surface area contributed by atoms with Crippen molar-refractivity contribution in [1.29, 1.82) is 0 Å². The van der Waals surface area contributed by atoms with Gasteiger partial charge in [0.15, 0.2) is 0 Å². The zero-order valence-corrected chi connectivity index (χ0v) is 20.1. The molecule has 7 heteroatoms. The Morgan fingerprint density at radius 1 is 0.946 bits per heavy atom. The number of hydrogen-bond donors (Lipinski definition) is 2. The Morgan fingerprint density at radius 3 is 2.35 bits per heavy atom. The average molecular weight is 496 g/mol. The topological polar surface area (TPSA) is 100 Å². The number of ether oxygens (including phenoxy) is 1. The maximum Gasteiger partial charge on any atom is 0.296 e. The van der Waals surface area contributed by atoms with E-state index in [0.717, 1.165) is 11.1 Å². The van der Waals surface area contributed by atoms with Crippen molar-refractivity contribution in [3.8, 4) is 11.5 Å². The normalized spacial score (nSPS) is 16.8. The van der Waals surface area contributed by atoms with Gasteiger partial charge < -0.3 is 24.3 Å². The molecule has 1 aliphatic heterocycles. The quantitative estimate of drug-likeness (QED) is 0.200. The van der Waals surface area contributed by atoms with Crippen LogP contribution in [0.1, 0.15) is 34.1 Å². The van der Waals surface area contributed by atoms with Crippen LogP contribution in [0.5, 0.6) is 11.5 Å². The second-order valence-corrected chi connectivity index (χ2v) is 8.84. The van der Waals surface area contributed by atoms with Crippen molar-refractivity contribution in [1.82, 2.24) is 4.90 Å². The molecular weight excluding hydrogens is 470 g/mol. The summed E-state index contributed by atoms with van der Waals surface area (Å²) in [5.74, 6) is -0.665. The first-order valence-electron chi connectivity index (χ1n) is 11.8. The minimum atomic E-state index is -0.859. The number of aromatic hydroxyl groups is 1. The van der Waals surface area contributed by atoms with Crippen molar-refractivity contribution < 1.29 is 29.0 Å². The van der Waals surface area contributed by atoms with E-state index in [1.165, 1.54) is 23.3 Å². The molecule has 1 fully saturated rings. The third-order valence-corrected chi connectivity index (χ3v) is 6.44. The highest BCUT2D eigenvalue weighted by Crippen LogP contribution is 2.40. The number of likely N-dealkylation sites (tertiary alicyclic amines) is 1. The van der Waals surface area contributed by atoms with Gasteiger partial charge in [-0.15, -0.1) is 0 Å². The monoisotopic (exact) mass is 495 g/mol.